The van der Waals surface area contributed by atoms with Crippen LogP contribution in [0, 0.1) is 0 Å². The van der Waals surface area contributed by atoms with E-state index in [1.807, 2.05) is 30.3 Å². The normalized spacial score (nSPS) is 13.9. The lowest BCUT2D eigenvalue weighted by Crippen LogP contribution is -2.09. The molecular weight excluding hydrogens is 195 g/mol. The van der Waals surface area contributed by atoms with Gasteiger partial charge >= 0.3 is 0 Å². The maximum absolute atomic E-state index is 13.2. The van der Waals surface area contributed by atoms with Gasteiger partial charge in [-0.05, 0) is 18.1 Å². The molecule has 0 heterocycles. The Bertz CT molecular complexity index is 309. The van der Waals surface area contributed by atoms with Gasteiger partial charge in [-0.15, -0.1) is 0 Å². The zero-order valence-electron chi connectivity index (χ0n) is 8.44. The summed E-state index contributed by atoms with van der Waals surface area (Å²) in [7, 11) is 0. The SMILES string of the molecule is OCCC(O)C(F)=CCc1ccccc1. The fourth-order valence-corrected chi connectivity index (χ4v) is 1.23. The van der Waals surface area contributed by atoms with Crippen molar-refractivity contribution in [1.82, 2.24) is 0 Å². The molecule has 0 amide bonds. The molecular formula is C12H15FO2. The van der Waals surface area contributed by atoms with Crippen LogP contribution in [0.15, 0.2) is 42.2 Å². The first kappa shape index (κ1) is 11.9. The smallest absolute Gasteiger partial charge is 0.125 e. The van der Waals surface area contributed by atoms with Gasteiger partial charge in [0.1, 0.15) is 11.9 Å². The first-order chi connectivity index (χ1) is 7.24. The fourth-order valence-electron chi connectivity index (χ4n) is 1.23. The highest BCUT2D eigenvalue weighted by Gasteiger charge is 2.08. The van der Waals surface area contributed by atoms with Gasteiger partial charge in [-0.3, -0.25) is 0 Å². The predicted octanol–water partition coefficient (Wildman–Crippen LogP) is 1.83. The Hall–Kier alpha value is -1.19. The summed E-state index contributed by atoms with van der Waals surface area (Å²) in [6, 6.07) is 9.44. The Morgan fingerprint density at radius 1 is 1.33 bits per heavy atom. The minimum atomic E-state index is -1.18. The van der Waals surface area contributed by atoms with Crippen molar-refractivity contribution in [3.05, 3.63) is 47.8 Å². The topological polar surface area (TPSA) is 40.5 Å². The Morgan fingerprint density at radius 3 is 2.60 bits per heavy atom. The molecule has 0 bridgehead atoms. The molecule has 15 heavy (non-hydrogen) atoms. The third kappa shape index (κ3) is 4.23. The summed E-state index contributed by atoms with van der Waals surface area (Å²) in [6.07, 6.45) is 0.654. The number of aliphatic hydroxyl groups excluding tert-OH is 2. The highest BCUT2D eigenvalue weighted by atomic mass is 19.1. The first-order valence-electron chi connectivity index (χ1n) is 4.92. The Balaban J connectivity index is 2.50. The summed E-state index contributed by atoms with van der Waals surface area (Å²) in [5, 5.41) is 17.7. The van der Waals surface area contributed by atoms with E-state index in [4.69, 9.17) is 5.11 Å². The molecule has 0 aromatic heterocycles. The van der Waals surface area contributed by atoms with Gasteiger partial charge in [-0.25, -0.2) is 4.39 Å². The maximum atomic E-state index is 13.2. The number of rotatable bonds is 5. The molecule has 0 spiro atoms. The van der Waals surface area contributed by atoms with Crippen molar-refractivity contribution in [3.63, 3.8) is 0 Å². The van der Waals surface area contributed by atoms with Gasteiger partial charge in [0, 0.05) is 13.0 Å². The van der Waals surface area contributed by atoms with E-state index in [2.05, 4.69) is 0 Å². The number of allylic oxidation sites excluding steroid dienone is 1. The van der Waals surface area contributed by atoms with Gasteiger partial charge in [0.15, 0.2) is 0 Å². The van der Waals surface area contributed by atoms with Crippen LogP contribution in [-0.4, -0.2) is 22.9 Å². The van der Waals surface area contributed by atoms with Crippen molar-refractivity contribution in [2.75, 3.05) is 6.61 Å². The molecule has 82 valence electrons. The maximum Gasteiger partial charge on any atom is 0.125 e. The molecule has 0 fully saturated rings. The molecule has 1 aromatic rings. The van der Waals surface area contributed by atoms with Crippen LogP contribution in [0.4, 0.5) is 4.39 Å². The molecule has 2 N–H and O–H groups in total. The van der Waals surface area contributed by atoms with Crippen molar-refractivity contribution >= 4 is 0 Å². The monoisotopic (exact) mass is 210 g/mol. The molecule has 2 nitrogen and oxygen atoms in total. The average molecular weight is 210 g/mol. The van der Waals surface area contributed by atoms with Crippen LogP contribution < -0.4 is 0 Å². The second-order valence-corrected chi connectivity index (χ2v) is 3.31. The van der Waals surface area contributed by atoms with Crippen LogP contribution in [0.3, 0.4) is 0 Å². The lowest BCUT2D eigenvalue weighted by atomic mass is 10.1. The summed E-state index contributed by atoms with van der Waals surface area (Å²) in [5.41, 5.74) is 0.990. The third-order valence-corrected chi connectivity index (χ3v) is 2.10. The van der Waals surface area contributed by atoms with Crippen molar-refractivity contribution < 1.29 is 14.6 Å². The van der Waals surface area contributed by atoms with E-state index in [1.165, 1.54) is 6.08 Å². The van der Waals surface area contributed by atoms with Crippen molar-refractivity contribution in [2.45, 2.75) is 18.9 Å². The number of benzene rings is 1. The van der Waals surface area contributed by atoms with E-state index in [0.29, 0.717) is 6.42 Å². The lowest BCUT2D eigenvalue weighted by molar-refractivity contribution is 0.140. The zero-order valence-corrected chi connectivity index (χ0v) is 8.44. The zero-order chi connectivity index (χ0) is 11.1. The second kappa shape index (κ2) is 6.32. The Kier molecular flexibility index (Phi) is 5.01. The average Bonchev–Trinajstić information content (AvgIpc) is 2.27. The third-order valence-electron chi connectivity index (χ3n) is 2.10. The van der Waals surface area contributed by atoms with Gasteiger partial charge in [-0.1, -0.05) is 30.3 Å². The second-order valence-electron chi connectivity index (χ2n) is 3.31. The van der Waals surface area contributed by atoms with Gasteiger partial charge in [0.2, 0.25) is 0 Å². The van der Waals surface area contributed by atoms with E-state index in [-0.39, 0.29) is 13.0 Å². The molecule has 0 radical (unpaired) electrons. The number of hydrogen-bond donors (Lipinski definition) is 2. The van der Waals surface area contributed by atoms with Crippen molar-refractivity contribution in [1.29, 1.82) is 0 Å². The van der Waals surface area contributed by atoms with Crippen LogP contribution in [0.5, 0.6) is 0 Å². The van der Waals surface area contributed by atoms with Gasteiger partial charge in [-0.2, -0.15) is 0 Å². The first-order valence-corrected chi connectivity index (χ1v) is 4.92. The van der Waals surface area contributed by atoms with E-state index in [0.717, 1.165) is 5.56 Å². The molecule has 0 aliphatic heterocycles. The molecule has 1 rings (SSSR count). The van der Waals surface area contributed by atoms with Crippen LogP contribution >= 0.6 is 0 Å². The Morgan fingerprint density at radius 2 is 2.00 bits per heavy atom. The number of aliphatic hydroxyl groups is 2. The van der Waals surface area contributed by atoms with Gasteiger partial charge < -0.3 is 10.2 Å². The quantitative estimate of drug-likeness (QED) is 0.778. The van der Waals surface area contributed by atoms with Crippen molar-refractivity contribution in [2.24, 2.45) is 0 Å². The highest BCUT2D eigenvalue weighted by molar-refractivity contribution is 5.18. The fraction of sp³-hybridized carbons (Fsp3) is 0.333. The minimum Gasteiger partial charge on any atom is -0.396 e. The summed E-state index contributed by atoms with van der Waals surface area (Å²) in [5.74, 6) is -0.576. The Labute approximate surface area is 88.7 Å². The summed E-state index contributed by atoms with van der Waals surface area (Å²) >= 11 is 0. The van der Waals surface area contributed by atoms with Crippen LogP contribution in [0.2, 0.25) is 0 Å². The lowest BCUT2D eigenvalue weighted by Gasteiger charge is -2.05. The standard InChI is InChI=1S/C12H15FO2/c13-11(12(15)8-9-14)7-6-10-4-2-1-3-5-10/h1-5,7,12,14-15H,6,8-9H2. The van der Waals surface area contributed by atoms with Crippen LogP contribution in [0.1, 0.15) is 12.0 Å². The largest absolute Gasteiger partial charge is 0.396 e. The molecule has 0 saturated carbocycles. The molecule has 0 aliphatic rings. The van der Waals surface area contributed by atoms with Crippen LogP contribution in [0.25, 0.3) is 0 Å². The molecule has 3 heteroatoms. The summed E-state index contributed by atoms with van der Waals surface area (Å²) in [6.45, 7) is -0.215. The number of hydrogen-bond acceptors (Lipinski definition) is 2. The molecule has 1 atom stereocenters. The molecule has 1 unspecified atom stereocenters. The highest BCUT2D eigenvalue weighted by Crippen LogP contribution is 2.10. The molecule has 0 saturated heterocycles. The summed E-state index contributed by atoms with van der Waals surface area (Å²) < 4.78 is 13.2. The van der Waals surface area contributed by atoms with E-state index < -0.39 is 11.9 Å². The minimum absolute atomic E-state index is 0.0388. The predicted molar refractivity (Wildman–Crippen MR) is 57.0 cm³/mol. The van der Waals surface area contributed by atoms with Gasteiger partial charge in [0.05, 0.1) is 0 Å². The van der Waals surface area contributed by atoms with E-state index >= 15 is 0 Å². The van der Waals surface area contributed by atoms with E-state index in [9.17, 15) is 9.50 Å². The summed E-state index contributed by atoms with van der Waals surface area (Å²) in [4.78, 5) is 0. The van der Waals surface area contributed by atoms with Crippen molar-refractivity contribution in [3.8, 4) is 0 Å². The number of halogens is 1. The van der Waals surface area contributed by atoms with Gasteiger partial charge in [0.25, 0.3) is 0 Å². The van der Waals surface area contributed by atoms with Crippen LogP contribution in [-0.2, 0) is 6.42 Å². The van der Waals surface area contributed by atoms with E-state index in [1.54, 1.807) is 0 Å². The molecule has 1 aromatic carbocycles. The molecule has 0 aliphatic carbocycles.